The molecule has 45 heavy (non-hydrogen) atoms. The molecule has 1 aliphatic heterocycles. The van der Waals surface area contributed by atoms with Crippen LogP contribution in [0.25, 0.3) is 0 Å². The van der Waals surface area contributed by atoms with E-state index in [4.69, 9.17) is 9.47 Å². The van der Waals surface area contributed by atoms with Gasteiger partial charge in [0, 0.05) is 51.1 Å². The second kappa shape index (κ2) is 16.2. The largest absolute Gasteiger partial charge is 0.490 e. The van der Waals surface area contributed by atoms with Crippen LogP contribution in [0.4, 0.5) is 5.69 Å². The predicted molar refractivity (Wildman–Crippen MR) is 175 cm³/mol. The fourth-order valence-electron chi connectivity index (χ4n) is 6.38. The molecule has 0 saturated heterocycles. The van der Waals surface area contributed by atoms with E-state index in [0.29, 0.717) is 24.8 Å². The molecule has 252 valence electrons. The minimum Gasteiger partial charge on any atom is -0.490 e. The van der Waals surface area contributed by atoms with Crippen LogP contribution in [0, 0.1) is 11.8 Å². The first-order chi connectivity index (χ1) is 21.5. The number of carbonyl (C=O) groups excluding carboxylic acids is 1. The summed E-state index contributed by atoms with van der Waals surface area (Å²) in [6.07, 6.45) is 11.7. The molecule has 2 N–H and O–H groups in total. The van der Waals surface area contributed by atoms with Crippen molar-refractivity contribution >= 4 is 21.6 Å². The molecule has 4 atom stereocenters. The van der Waals surface area contributed by atoms with Gasteiger partial charge in [-0.2, -0.15) is 8.42 Å². The Bertz CT molecular complexity index is 1340. The first kappa shape index (κ1) is 35.2. The number of nitrogens with zero attached hydrogens (tertiary/aromatic N) is 4. The number of amides is 1. The Morgan fingerprint density at radius 3 is 2.53 bits per heavy atom. The molecule has 11 nitrogen and oxygen atoms in total. The van der Waals surface area contributed by atoms with E-state index < -0.39 is 16.1 Å². The molecule has 0 bridgehead atoms. The maximum Gasteiger partial charge on any atom is 0.280 e. The Labute approximate surface area is 269 Å². The zero-order chi connectivity index (χ0) is 32.6. The number of aliphatic hydroxyl groups excluding tert-OH is 1. The smallest absolute Gasteiger partial charge is 0.280 e. The number of aliphatic hydroxyl groups is 1. The molecule has 1 amide bonds. The van der Waals surface area contributed by atoms with Gasteiger partial charge in [-0.25, -0.2) is 4.98 Å². The zero-order valence-electron chi connectivity index (χ0n) is 27.7. The number of rotatable bonds is 9. The number of hydrogen-bond acceptors (Lipinski definition) is 8. The predicted octanol–water partition coefficient (Wildman–Crippen LogP) is 4.53. The highest BCUT2D eigenvalue weighted by Crippen LogP contribution is 2.30. The second-order valence-electron chi connectivity index (χ2n) is 13.2. The first-order valence-electron chi connectivity index (χ1n) is 16.5. The second-order valence-corrected chi connectivity index (χ2v) is 14.8. The van der Waals surface area contributed by atoms with Gasteiger partial charge >= 0.3 is 0 Å². The number of aryl methyl sites for hydroxylation is 1. The summed E-state index contributed by atoms with van der Waals surface area (Å²) in [5.74, 6) is 0.741. The van der Waals surface area contributed by atoms with Crippen molar-refractivity contribution in [1.82, 2.24) is 19.4 Å². The highest BCUT2D eigenvalue weighted by Gasteiger charge is 2.31. The first-order valence-corrected chi connectivity index (χ1v) is 18.0. The van der Waals surface area contributed by atoms with Crippen LogP contribution in [0.3, 0.4) is 0 Å². The number of aromatic nitrogens is 2. The molecule has 2 heterocycles. The minimum absolute atomic E-state index is 0.0196. The molecule has 2 aromatic rings. The summed E-state index contributed by atoms with van der Waals surface area (Å²) in [4.78, 5) is 22.3. The zero-order valence-corrected chi connectivity index (χ0v) is 28.5. The molecule has 0 unspecified atom stereocenters. The van der Waals surface area contributed by atoms with Crippen molar-refractivity contribution in [2.45, 2.75) is 95.4 Å². The molecule has 1 saturated carbocycles. The van der Waals surface area contributed by atoms with Crippen LogP contribution in [0.5, 0.6) is 5.75 Å². The van der Waals surface area contributed by atoms with E-state index in [9.17, 15) is 18.3 Å². The maximum absolute atomic E-state index is 14.3. The molecule has 12 heteroatoms. The number of nitrogens with one attached hydrogen (secondary N) is 1. The number of ether oxygens (including phenoxy) is 2. The molecule has 4 rings (SSSR count). The Kier molecular flexibility index (Phi) is 12.7. The van der Waals surface area contributed by atoms with Gasteiger partial charge in [-0.15, -0.1) is 0 Å². The highest BCUT2D eigenvalue weighted by atomic mass is 32.2. The minimum atomic E-state index is -3.98. The molecule has 2 aliphatic rings. The lowest BCUT2D eigenvalue weighted by atomic mass is 9.89. The monoisotopic (exact) mass is 647 g/mol. The standard InChI is InChI=1S/C33H53N5O6S/c1-24-18-38(25(2)22-39)33(40)29-17-28(35-45(41,42)32-21-37(5)23-34-32)14-15-30(29)44-26(3)11-9-10-16-43-31(24)20-36(4)19-27-12-7-6-8-13-27/h14-15,17,21,23-27,31,35,39H,6-13,16,18-20,22H2,1-5H3/t24-,25+,26+,31-/m1/s1. The van der Waals surface area contributed by atoms with Gasteiger partial charge in [0.05, 0.1) is 36.7 Å². The lowest BCUT2D eigenvalue weighted by molar-refractivity contribution is -0.0190. The van der Waals surface area contributed by atoms with Crippen LogP contribution in [0.15, 0.2) is 35.7 Å². The van der Waals surface area contributed by atoms with Gasteiger partial charge in [0.2, 0.25) is 0 Å². The molecule has 1 aromatic carbocycles. The van der Waals surface area contributed by atoms with Crippen molar-refractivity contribution in [2.75, 3.05) is 44.6 Å². The molecule has 1 fully saturated rings. The summed E-state index contributed by atoms with van der Waals surface area (Å²) >= 11 is 0. The molecule has 0 radical (unpaired) electrons. The molecular weight excluding hydrogens is 594 g/mol. The number of benzene rings is 1. The van der Waals surface area contributed by atoms with Crippen molar-refractivity contribution in [3.8, 4) is 5.75 Å². The summed E-state index contributed by atoms with van der Waals surface area (Å²) < 4.78 is 43.0. The van der Waals surface area contributed by atoms with Gasteiger partial charge in [-0.05, 0) is 77.1 Å². The van der Waals surface area contributed by atoms with E-state index in [-0.39, 0.29) is 46.9 Å². The number of carbonyl (C=O) groups is 1. The number of fused-ring (bicyclic) bond motifs is 1. The van der Waals surface area contributed by atoms with Crippen LogP contribution in [-0.2, 0) is 21.8 Å². The van der Waals surface area contributed by atoms with Crippen LogP contribution < -0.4 is 9.46 Å². The summed E-state index contributed by atoms with van der Waals surface area (Å²) in [5, 5.41) is 10.1. The average molecular weight is 648 g/mol. The van der Waals surface area contributed by atoms with Crippen LogP contribution in [0.1, 0.15) is 82.5 Å². The van der Waals surface area contributed by atoms with Crippen LogP contribution in [-0.4, -0.2) is 96.9 Å². The van der Waals surface area contributed by atoms with E-state index in [0.717, 1.165) is 32.4 Å². The summed E-state index contributed by atoms with van der Waals surface area (Å²) in [6, 6.07) is 4.28. The van der Waals surface area contributed by atoms with E-state index in [1.54, 1.807) is 28.6 Å². The Balaban J connectivity index is 1.61. The Morgan fingerprint density at radius 2 is 1.84 bits per heavy atom. The number of hydrogen-bond donors (Lipinski definition) is 2. The van der Waals surface area contributed by atoms with Crippen molar-refractivity contribution in [3.05, 3.63) is 36.3 Å². The molecule has 1 aromatic heterocycles. The van der Waals surface area contributed by atoms with Crippen LogP contribution in [0.2, 0.25) is 0 Å². The van der Waals surface area contributed by atoms with Gasteiger partial charge in [0.15, 0.2) is 5.03 Å². The fraction of sp³-hybridized carbons (Fsp3) is 0.697. The van der Waals surface area contributed by atoms with Gasteiger partial charge in [0.25, 0.3) is 15.9 Å². The number of likely N-dealkylation sites (N-methyl/N-ethyl adjacent to an activating group) is 1. The lowest BCUT2D eigenvalue weighted by Crippen LogP contribution is -2.47. The third kappa shape index (κ3) is 9.91. The van der Waals surface area contributed by atoms with Crippen molar-refractivity contribution in [1.29, 1.82) is 0 Å². The molecular formula is C33H53N5O6S. The third-order valence-corrected chi connectivity index (χ3v) is 10.3. The summed E-state index contributed by atoms with van der Waals surface area (Å²) in [6.45, 7) is 8.48. The van der Waals surface area contributed by atoms with Crippen LogP contribution >= 0.6 is 0 Å². The number of anilines is 1. The van der Waals surface area contributed by atoms with Crippen molar-refractivity contribution in [3.63, 3.8) is 0 Å². The van der Waals surface area contributed by atoms with Gasteiger partial charge < -0.3 is 28.9 Å². The summed E-state index contributed by atoms with van der Waals surface area (Å²) in [5.41, 5.74) is 0.458. The van der Waals surface area contributed by atoms with Crippen molar-refractivity contribution in [2.24, 2.45) is 18.9 Å². The molecule has 0 spiro atoms. The van der Waals surface area contributed by atoms with E-state index >= 15 is 0 Å². The normalized spacial score (nSPS) is 23.7. The molecule has 1 aliphatic carbocycles. The van der Waals surface area contributed by atoms with Gasteiger partial charge in [0.1, 0.15) is 5.75 Å². The van der Waals surface area contributed by atoms with E-state index in [1.165, 1.54) is 50.7 Å². The SMILES string of the molecule is C[C@@H]1CN([C@@H](C)CO)C(=O)c2cc(NS(=O)(=O)c3cn(C)cn3)ccc2O[C@@H](C)CCCCO[C@@H]1CN(C)CC1CCCCC1. The third-order valence-electron chi connectivity index (χ3n) is 9.05. The maximum atomic E-state index is 14.3. The van der Waals surface area contributed by atoms with Crippen molar-refractivity contribution < 1.29 is 27.8 Å². The van der Waals surface area contributed by atoms with E-state index in [2.05, 4.69) is 28.6 Å². The topological polar surface area (TPSA) is 126 Å². The Morgan fingerprint density at radius 1 is 1.11 bits per heavy atom. The Hall–Kier alpha value is -2.67. The quantitative estimate of drug-likeness (QED) is 0.407. The van der Waals surface area contributed by atoms with E-state index in [1.807, 2.05) is 13.8 Å². The lowest BCUT2D eigenvalue weighted by Gasteiger charge is -2.36. The highest BCUT2D eigenvalue weighted by molar-refractivity contribution is 7.92. The summed E-state index contributed by atoms with van der Waals surface area (Å²) in [7, 11) is -0.121. The average Bonchev–Trinajstić information content (AvgIpc) is 3.46. The number of imidazole rings is 1. The van der Waals surface area contributed by atoms with Gasteiger partial charge in [-0.1, -0.05) is 26.2 Å². The van der Waals surface area contributed by atoms with Gasteiger partial charge in [-0.3, -0.25) is 9.52 Å². The number of sulfonamides is 1. The fourth-order valence-corrected chi connectivity index (χ4v) is 7.41.